The molecule has 3 heteroatoms. The monoisotopic (exact) mass is 277 g/mol. The highest BCUT2D eigenvalue weighted by molar-refractivity contribution is 5.09. The summed E-state index contributed by atoms with van der Waals surface area (Å²) in [6, 6.07) is 3.25. The fourth-order valence-electron chi connectivity index (χ4n) is 3.73. The van der Waals surface area contributed by atoms with E-state index in [1.165, 1.54) is 31.4 Å². The normalized spacial score (nSPS) is 27.8. The first-order valence-electron chi connectivity index (χ1n) is 8.09. The SMILES string of the molecule is CCC(C)(C)C1CCC(NC)C(n2nc(C)cc2C)C1. The van der Waals surface area contributed by atoms with Crippen molar-refractivity contribution in [1.29, 1.82) is 0 Å². The molecular formula is C17H31N3. The maximum Gasteiger partial charge on any atom is 0.0678 e. The molecule has 1 N–H and O–H groups in total. The van der Waals surface area contributed by atoms with Crippen molar-refractivity contribution < 1.29 is 0 Å². The van der Waals surface area contributed by atoms with Gasteiger partial charge < -0.3 is 5.32 Å². The van der Waals surface area contributed by atoms with Crippen LogP contribution in [0, 0.1) is 25.2 Å². The molecule has 1 saturated carbocycles. The van der Waals surface area contributed by atoms with Crippen molar-refractivity contribution in [3.05, 3.63) is 17.5 Å². The van der Waals surface area contributed by atoms with Gasteiger partial charge in [-0.15, -0.1) is 0 Å². The number of hydrogen-bond acceptors (Lipinski definition) is 2. The molecule has 1 aliphatic rings. The summed E-state index contributed by atoms with van der Waals surface area (Å²) in [5.74, 6) is 0.797. The Morgan fingerprint density at radius 2 is 2.05 bits per heavy atom. The summed E-state index contributed by atoms with van der Waals surface area (Å²) in [6.07, 6.45) is 5.09. The molecule has 0 spiro atoms. The van der Waals surface area contributed by atoms with Gasteiger partial charge in [0.15, 0.2) is 0 Å². The Hall–Kier alpha value is -0.830. The van der Waals surface area contributed by atoms with E-state index >= 15 is 0 Å². The summed E-state index contributed by atoms with van der Waals surface area (Å²) in [4.78, 5) is 0. The maximum absolute atomic E-state index is 4.75. The van der Waals surface area contributed by atoms with Crippen molar-refractivity contribution in [3.63, 3.8) is 0 Å². The first-order valence-corrected chi connectivity index (χ1v) is 8.09. The number of nitrogens with one attached hydrogen (secondary N) is 1. The average molecular weight is 277 g/mol. The van der Waals surface area contributed by atoms with E-state index in [1.54, 1.807) is 0 Å². The van der Waals surface area contributed by atoms with Crippen LogP contribution < -0.4 is 5.32 Å². The molecular weight excluding hydrogens is 246 g/mol. The van der Waals surface area contributed by atoms with Crippen LogP contribution in [0.1, 0.15) is 63.9 Å². The summed E-state index contributed by atoms with van der Waals surface area (Å²) in [5.41, 5.74) is 2.87. The first-order chi connectivity index (χ1) is 9.39. The number of hydrogen-bond donors (Lipinski definition) is 1. The Labute approximate surface area is 124 Å². The minimum atomic E-state index is 0.438. The topological polar surface area (TPSA) is 29.9 Å². The van der Waals surface area contributed by atoms with Crippen molar-refractivity contribution in [1.82, 2.24) is 15.1 Å². The van der Waals surface area contributed by atoms with E-state index in [-0.39, 0.29) is 0 Å². The van der Waals surface area contributed by atoms with Gasteiger partial charge in [-0.1, -0.05) is 27.2 Å². The minimum absolute atomic E-state index is 0.438. The molecule has 1 aromatic rings. The lowest BCUT2D eigenvalue weighted by atomic mass is 9.67. The summed E-state index contributed by atoms with van der Waals surface area (Å²) in [7, 11) is 2.09. The zero-order chi connectivity index (χ0) is 14.9. The molecule has 2 rings (SSSR count). The van der Waals surface area contributed by atoms with Crippen molar-refractivity contribution in [2.45, 2.75) is 72.4 Å². The fraction of sp³-hybridized carbons (Fsp3) is 0.824. The van der Waals surface area contributed by atoms with Crippen molar-refractivity contribution in [3.8, 4) is 0 Å². The molecule has 0 amide bonds. The molecule has 3 unspecified atom stereocenters. The van der Waals surface area contributed by atoms with Gasteiger partial charge in [0.25, 0.3) is 0 Å². The van der Waals surface area contributed by atoms with E-state index in [9.17, 15) is 0 Å². The fourth-order valence-corrected chi connectivity index (χ4v) is 3.73. The van der Waals surface area contributed by atoms with Gasteiger partial charge in [-0.2, -0.15) is 5.10 Å². The van der Waals surface area contributed by atoms with Gasteiger partial charge in [0.05, 0.1) is 11.7 Å². The molecule has 0 aromatic carbocycles. The van der Waals surface area contributed by atoms with E-state index in [2.05, 4.69) is 57.7 Å². The Kier molecular flexibility index (Phi) is 4.58. The third-order valence-corrected chi connectivity index (χ3v) is 5.56. The van der Waals surface area contributed by atoms with E-state index in [0.29, 0.717) is 17.5 Å². The average Bonchev–Trinajstić information content (AvgIpc) is 2.76. The van der Waals surface area contributed by atoms with Crippen LogP contribution in [-0.4, -0.2) is 22.9 Å². The molecule has 1 fully saturated rings. The number of likely N-dealkylation sites (N-methyl/N-ethyl adjacent to an activating group) is 1. The number of rotatable bonds is 4. The Morgan fingerprint density at radius 1 is 1.35 bits per heavy atom. The molecule has 3 nitrogen and oxygen atoms in total. The van der Waals surface area contributed by atoms with Crippen LogP contribution in [0.4, 0.5) is 0 Å². The highest BCUT2D eigenvalue weighted by atomic mass is 15.3. The van der Waals surface area contributed by atoms with E-state index < -0.39 is 0 Å². The Balaban J connectivity index is 2.25. The predicted octanol–water partition coefficient (Wildman–Crippen LogP) is 3.87. The van der Waals surface area contributed by atoms with E-state index in [1.807, 2.05) is 0 Å². The van der Waals surface area contributed by atoms with Gasteiger partial charge in [0.2, 0.25) is 0 Å². The lowest BCUT2D eigenvalue weighted by molar-refractivity contribution is 0.0974. The van der Waals surface area contributed by atoms with Crippen molar-refractivity contribution in [2.75, 3.05) is 7.05 Å². The van der Waals surface area contributed by atoms with Gasteiger partial charge >= 0.3 is 0 Å². The zero-order valence-electron chi connectivity index (χ0n) is 14.0. The van der Waals surface area contributed by atoms with Crippen LogP contribution in [0.15, 0.2) is 6.07 Å². The number of aryl methyl sites for hydroxylation is 2. The second-order valence-corrected chi connectivity index (χ2v) is 7.19. The van der Waals surface area contributed by atoms with E-state index in [0.717, 1.165) is 11.6 Å². The summed E-state index contributed by atoms with van der Waals surface area (Å²) >= 11 is 0. The third-order valence-electron chi connectivity index (χ3n) is 5.56. The molecule has 0 aliphatic heterocycles. The predicted molar refractivity (Wildman–Crippen MR) is 85.0 cm³/mol. The van der Waals surface area contributed by atoms with Gasteiger partial charge in [0.1, 0.15) is 0 Å². The van der Waals surface area contributed by atoms with Gasteiger partial charge in [-0.25, -0.2) is 0 Å². The van der Waals surface area contributed by atoms with Crippen LogP contribution >= 0.6 is 0 Å². The number of nitrogens with zero attached hydrogens (tertiary/aromatic N) is 2. The highest BCUT2D eigenvalue weighted by Crippen LogP contribution is 2.44. The molecule has 0 saturated heterocycles. The van der Waals surface area contributed by atoms with Crippen molar-refractivity contribution in [2.24, 2.45) is 11.3 Å². The molecule has 20 heavy (non-hydrogen) atoms. The lowest BCUT2D eigenvalue weighted by Gasteiger charge is -2.43. The van der Waals surface area contributed by atoms with Gasteiger partial charge in [0, 0.05) is 11.7 Å². The smallest absolute Gasteiger partial charge is 0.0678 e. The summed E-state index contributed by atoms with van der Waals surface area (Å²) in [5, 5.41) is 8.27. The van der Waals surface area contributed by atoms with Gasteiger partial charge in [-0.05, 0) is 57.6 Å². The van der Waals surface area contributed by atoms with Crippen LogP contribution in [0.5, 0.6) is 0 Å². The van der Waals surface area contributed by atoms with Crippen LogP contribution in [-0.2, 0) is 0 Å². The molecule has 3 atom stereocenters. The minimum Gasteiger partial charge on any atom is -0.315 e. The molecule has 1 aliphatic carbocycles. The molecule has 114 valence electrons. The highest BCUT2D eigenvalue weighted by Gasteiger charge is 2.38. The third kappa shape index (κ3) is 2.93. The van der Waals surface area contributed by atoms with E-state index in [4.69, 9.17) is 5.10 Å². The summed E-state index contributed by atoms with van der Waals surface area (Å²) < 4.78 is 2.27. The summed E-state index contributed by atoms with van der Waals surface area (Å²) in [6.45, 7) is 11.4. The molecule has 1 heterocycles. The second kappa shape index (κ2) is 5.88. The van der Waals surface area contributed by atoms with Crippen molar-refractivity contribution >= 4 is 0 Å². The first kappa shape index (κ1) is 15.6. The van der Waals surface area contributed by atoms with Crippen LogP contribution in [0.3, 0.4) is 0 Å². The molecule has 0 bridgehead atoms. The largest absolute Gasteiger partial charge is 0.315 e. The molecule has 0 radical (unpaired) electrons. The zero-order valence-corrected chi connectivity index (χ0v) is 14.0. The quantitative estimate of drug-likeness (QED) is 0.905. The molecule has 1 aromatic heterocycles. The van der Waals surface area contributed by atoms with Crippen LogP contribution in [0.2, 0.25) is 0 Å². The Morgan fingerprint density at radius 3 is 2.55 bits per heavy atom. The Bertz CT molecular complexity index is 447. The second-order valence-electron chi connectivity index (χ2n) is 7.19. The number of aromatic nitrogens is 2. The lowest BCUT2D eigenvalue weighted by Crippen LogP contribution is -2.43. The standard InChI is InChI=1S/C17H31N3/c1-7-17(4,5)14-8-9-15(18-6)16(11-14)20-13(3)10-12(2)19-20/h10,14-16,18H,7-9,11H2,1-6H3. The van der Waals surface area contributed by atoms with Crippen LogP contribution in [0.25, 0.3) is 0 Å². The van der Waals surface area contributed by atoms with Gasteiger partial charge in [-0.3, -0.25) is 4.68 Å². The maximum atomic E-state index is 4.75.